The van der Waals surface area contributed by atoms with Gasteiger partial charge in [-0.25, -0.2) is 0 Å². The van der Waals surface area contributed by atoms with E-state index in [9.17, 15) is 4.79 Å². The van der Waals surface area contributed by atoms with Crippen LogP contribution < -0.4 is 9.64 Å². The molecule has 0 spiro atoms. The number of ether oxygens (including phenoxy) is 1. The Hall–Kier alpha value is -1.71. The van der Waals surface area contributed by atoms with E-state index in [1.54, 1.807) is 30.0 Å². The minimum absolute atomic E-state index is 0.0824. The molecule has 1 heterocycles. The van der Waals surface area contributed by atoms with Crippen molar-refractivity contribution in [3.63, 3.8) is 0 Å². The Labute approximate surface area is 139 Å². The van der Waals surface area contributed by atoms with Crippen LogP contribution in [0.3, 0.4) is 0 Å². The Morgan fingerprint density at radius 3 is 2.82 bits per heavy atom. The summed E-state index contributed by atoms with van der Waals surface area (Å²) in [5.41, 5.74) is 2.14. The van der Waals surface area contributed by atoms with Crippen LogP contribution in [0.5, 0.6) is 5.75 Å². The number of halogens is 2. The van der Waals surface area contributed by atoms with Gasteiger partial charge in [-0.15, -0.1) is 0 Å². The van der Waals surface area contributed by atoms with Gasteiger partial charge in [-0.1, -0.05) is 41.4 Å². The summed E-state index contributed by atoms with van der Waals surface area (Å²) >= 11 is 12.0. The molecule has 2 aromatic rings. The third-order valence-electron chi connectivity index (χ3n) is 3.70. The smallest absolute Gasteiger partial charge is 0.267 e. The second-order valence-electron chi connectivity index (χ2n) is 5.20. The van der Waals surface area contributed by atoms with E-state index in [1.807, 2.05) is 24.3 Å². The first kappa shape index (κ1) is 15.2. The molecule has 0 aromatic heterocycles. The molecule has 1 aliphatic heterocycles. The molecule has 0 unspecified atom stereocenters. The van der Waals surface area contributed by atoms with Crippen LogP contribution in [0.25, 0.3) is 0 Å². The molecular weight excluding hydrogens is 321 g/mol. The van der Waals surface area contributed by atoms with E-state index in [-0.39, 0.29) is 5.91 Å². The number of amides is 1. The third-order valence-corrected chi connectivity index (χ3v) is 4.25. The normalized spacial score (nSPS) is 14.6. The zero-order valence-electron chi connectivity index (χ0n) is 12.1. The van der Waals surface area contributed by atoms with Gasteiger partial charge in [0, 0.05) is 23.3 Å². The fourth-order valence-corrected chi connectivity index (χ4v) is 2.92. The van der Waals surface area contributed by atoms with Crippen molar-refractivity contribution in [2.75, 3.05) is 11.4 Å². The first-order valence-corrected chi connectivity index (χ1v) is 7.83. The largest absolute Gasteiger partial charge is 0.479 e. The molecule has 1 aliphatic rings. The molecule has 0 radical (unpaired) electrons. The van der Waals surface area contributed by atoms with Crippen LogP contribution in [0, 0.1) is 0 Å². The fourth-order valence-electron chi connectivity index (χ4n) is 2.59. The maximum atomic E-state index is 12.6. The van der Waals surface area contributed by atoms with Gasteiger partial charge in [0.1, 0.15) is 5.75 Å². The lowest BCUT2D eigenvalue weighted by atomic mass is 10.2. The van der Waals surface area contributed by atoms with Crippen molar-refractivity contribution in [3.8, 4) is 5.75 Å². The Balaban J connectivity index is 1.77. The zero-order chi connectivity index (χ0) is 15.7. The van der Waals surface area contributed by atoms with E-state index in [4.69, 9.17) is 27.9 Å². The summed E-state index contributed by atoms with van der Waals surface area (Å²) in [6.45, 7) is 2.40. The highest BCUT2D eigenvalue weighted by molar-refractivity contribution is 6.34. The summed E-state index contributed by atoms with van der Waals surface area (Å²) in [4.78, 5) is 14.4. The van der Waals surface area contributed by atoms with Gasteiger partial charge in [0.25, 0.3) is 5.91 Å². The lowest BCUT2D eigenvalue weighted by Crippen LogP contribution is -2.39. The van der Waals surface area contributed by atoms with Gasteiger partial charge in [0.15, 0.2) is 6.10 Å². The molecule has 1 atom stereocenters. The molecule has 0 saturated carbocycles. The van der Waals surface area contributed by atoms with Gasteiger partial charge >= 0.3 is 0 Å². The number of fused-ring (bicyclic) bond motifs is 1. The Bertz CT molecular complexity index is 718. The average molecular weight is 336 g/mol. The standard InChI is InChI=1S/C17H15Cl2NO2/c1-11(22-16-10-13(18)6-7-14(16)19)17(21)20-9-8-12-4-2-3-5-15(12)20/h2-7,10-11H,8-9H2,1H3/t11-/m0/s1. The number of anilines is 1. The Morgan fingerprint density at radius 2 is 2.00 bits per heavy atom. The molecule has 0 bridgehead atoms. The summed E-state index contributed by atoms with van der Waals surface area (Å²) < 4.78 is 5.71. The quantitative estimate of drug-likeness (QED) is 0.834. The third kappa shape index (κ3) is 2.92. The van der Waals surface area contributed by atoms with E-state index in [1.165, 1.54) is 5.56 Å². The summed E-state index contributed by atoms with van der Waals surface area (Å²) in [6.07, 6.45) is 0.231. The lowest BCUT2D eigenvalue weighted by Gasteiger charge is -2.22. The number of nitrogens with zero attached hydrogens (tertiary/aromatic N) is 1. The van der Waals surface area contributed by atoms with Crippen LogP contribution in [-0.2, 0) is 11.2 Å². The second kappa shape index (κ2) is 6.19. The van der Waals surface area contributed by atoms with Crippen molar-refractivity contribution in [2.24, 2.45) is 0 Å². The van der Waals surface area contributed by atoms with Gasteiger partial charge < -0.3 is 9.64 Å². The van der Waals surface area contributed by atoms with E-state index in [0.29, 0.717) is 22.3 Å². The van der Waals surface area contributed by atoms with E-state index in [2.05, 4.69) is 0 Å². The number of para-hydroxylation sites is 1. The fraction of sp³-hybridized carbons (Fsp3) is 0.235. The average Bonchev–Trinajstić information content (AvgIpc) is 2.94. The highest BCUT2D eigenvalue weighted by Gasteiger charge is 2.29. The van der Waals surface area contributed by atoms with Gasteiger partial charge in [-0.05, 0) is 37.1 Å². The number of carbonyl (C=O) groups excluding carboxylic acids is 1. The van der Waals surface area contributed by atoms with Crippen LogP contribution in [0.15, 0.2) is 42.5 Å². The maximum absolute atomic E-state index is 12.6. The van der Waals surface area contributed by atoms with Crippen molar-refractivity contribution in [1.29, 1.82) is 0 Å². The minimum Gasteiger partial charge on any atom is -0.479 e. The molecule has 22 heavy (non-hydrogen) atoms. The molecule has 2 aromatic carbocycles. The molecule has 5 heteroatoms. The van der Waals surface area contributed by atoms with Gasteiger partial charge in [-0.3, -0.25) is 4.79 Å². The number of rotatable bonds is 3. The molecule has 0 saturated heterocycles. The molecule has 0 fully saturated rings. The van der Waals surface area contributed by atoms with Gasteiger partial charge in [0.05, 0.1) is 5.02 Å². The molecule has 0 aliphatic carbocycles. The van der Waals surface area contributed by atoms with Gasteiger partial charge in [-0.2, -0.15) is 0 Å². The number of hydrogen-bond donors (Lipinski definition) is 0. The van der Waals surface area contributed by atoms with Crippen LogP contribution in [0.2, 0.25) is 10.0 Å². The highest BCUT2D eigenvalue weighted by atomic mass is 35.5. The van der Waals surface area contributed by atoms with Crippen molar-refractivity contribution in [3.05, 3.63) is 58.1 Å². The molecule has 1 amide bonds. The SMILES string of the molecule is C[C@H](Oc1cc(Cl)ccc1Cl)C(=O)N1CCc2ccccc21. The Kier molecular flexibility index (Phi) is 4.27. The lowest BCUT2D eigenvalue weighted by molar-refractivity contribution is -0.124. The van der Waals surface area contributed by atoms with E-state index in [0.717, 1.165) is 12.1 Å². The molecular formula is C17H15Cl2NO2. The highest BCUT2D eigenvalue weighted by Crippen LogP contribution is 2.31. The topological polar surface area (TPSA) is 29.5 Å². The summed E-state index contributed by atoms with van der Waals surface area (Å²) in [6, 6.07) is 12.9. The van der Waals surface area contributed by atoms with Crippen LogP contribution in [-0.4, -0.2) is 18.6 Å². The van der Waals surface area contributed by atoms with Crippen molar-refractivity contribution < 1.29 is 9.53 Å². The summed E-state index contributed by atoms with van der Waals surface area (Å²) in [7, 11) is 0. The van der Waals surface area contributed by atoms with Crippen LogP contribution >= 0.6 is 23.2 Å². The maximum Gasteiger partial charge on any atom is 0.267 e. The predicted octanol–water partition coefficient (Wildman–Crippen LogP) is 4.35. The van der Waals surface area contributed by atoms with E-state index < -0.39 is 6.10 Å². The summed E-state index contributed by atoms with van der Waals surface area (Å²) in [5.74, 6) is 0.337. The number of hydrogen-bond acceptors (Lipinski definition) is 2. The van der Waals surface area contributed by atoms with Crippen LogP contribution in [0.1, 0.15) is 12.5 Å². The van der Waals surface area contributed by atoms with Gasteiger partial charge in [0.2, 0.25) is 0 Å². The second-order valence-corrected chi connectivity index (χ2v) is 6.05. The van der Waals surface area contributed by atoms with Crippen molar-refractivity contribution in [2.45, 2.75) is 19.4 Å². The summed E-state index contributed by atoms with van der Waals surface area (Å²) in [5, 5.41) is 0.955. The van der Waals surface area contributed by atoms with Crippen molar-refractivity contribution >= 4 is 34.8 Å². The molecule has 3 rings (SSSR count). The molecule has 114 valence electrons. The predicted molar refractivity (Wildman–Crippen MR) is 89.1 cm³/mol. The first-order chi connectivity index (χ1) is 10.6. The molecule has 3 nitrogen and oxygen atoms in total. The van der Waals surface area contributed by atoms with Crippen LogP contribution in [0.4, 0.5) is 5.69 Å². The number of benzene rings is 2. The number of carbonyl (C=O) groups is 1. The zero-order valence-corrected chi connectivity index (χ0v) is 13.6. The minimum atomic E-state index is -0.637. The van der Waals surface area contributed by atoms with E-state index >= 15 is 0 Å². The first-order valence-electron chi connectivity index (χ1n) is 7.07. The van der Waals surface area contributed by atoms with Crippen molar-refractivity contribution in [1.82, 2.24) is 0 Å². The monoisotopic (exact) mass is 335 g/mol. The Morgan fingerprint density at radius 1 is 1.23 bits per heavy atom. The molecule has 0 N–H and O–H groups in total.